The van der Waals surface area contributed by atoms with E-state index in [1.807, 2.05) is 36.4 Å². The van der Waals surface area contributed by atoms with E-state index in [0.29, 0.717) is 22.9 Å². The molecule has 8 heteroatoms. The maximum absolute atomic E-state index is 5.95. The Morgan fingerprint density at radius 3 is 2.47 bits per heavy atom. The van der Waals surface area contributed by atoms with Crippen LogP contribution in [0.5, 0.6) is 0 Å². The fourth-order valence-corrected chi connectivity index (χ4v) is 3.67. The summed E-state index contributed by atoms with van der Waals surface area (Å²) in [5, 5.41) is 8.35. The fraction of sp³-hybridized carbons (Fsp3) is 0.333. The lowest BCUT2D eigenvalue weighted by molar-refractivity contribution is 0.434. The van der Waals surface area contributed by atoms with Crippen molar-refractivity contribution in [3.63, 3.8) is 0 Å². The van der Waals surface area contributed by atoms with Crippen molar-refractivity contribution in [2.75, 3.05) is 28.7 Å². The molecular formula is C24H28ClN7. The number of anilines is 4. The summed E-state index contributed by atoms with van der Waals surface area (Å²) in [5.41, 5.74) is 7.23. The summed E-state index contributed by atoms with van der Waals surface area (Å²) in [6.45, 7) is 8.33. The molecule has 2 N–H and O–H groups in total. The van der Waals surface area contributed by atoms with Crippen LogP contribution in [-0.4, -0.2) is 34.3 Å². The van der Waals surface area contributed by atoms with Crippen LogP contribution in [0.3, 0.4) is 0 Å². The molecule has 1 aliphatic rings. The Bertz CT molecular complexity index is 1090. The summed E-state index contributed by atoms with van der Waals surface area (Å²) in [7, 11) is 0. The lowest BCUT2D eigenvalue weighted by Gasteiger charge is -2.30. The molecule has 0 saturated carbocycles. The van der Waals surface area contributed by atoms with Gasteiger partial charge in [0.05, 0.1) is 6.21 Å². The largest absolute Gasteiger partial charge is 0.341 e. The maximum atomic E-state index is 5.95. The molecule has 1 saturated heterocycles. The molecule has 0 amide bonds. The molecule has 0 unspecified atom stereocenters. The highest BCUT2D eigenvalue weighted by Crippen LogP contribution is 2.25. The van der Waals surface area contributed by atoms with Crippen LogP contribution in [0.4, 0.5) is 23.5 Å². The Morgan fingerprint density at radius 2 is 1.72 bits per heavy atom. The van der Waals surface area contributed by atoms with E-state index in [9.17, 15) is 0 Å². The molecule has 1 aromatic heterocycles. The molecule has 0 spiro atoms. The van der Waals surface area contributed by atoms with Gasteiger partial charge in [-0.1, -0.05) is 42.8 Å². The van der Waals surface area contributed by atoms with Gasteiger partial charge in [0.15, 0.2) is 0 Å². The Labute approximate surface area is 194 Å². The van der Waals surface area contributed by atoms with E-state index in [1.165, 1.54) is 5.56 Å². The number of aryl methyl sites for hydroxylation is 1. The molecular weight excluding hydrogens is 422 g/mol. The minimum Gasteiger partial charge on any atom is -0.341 e. The van der Waals surface area contributed by atoms with Gasteiger partial charge in [-0.3, -0.25) is 0 Å². The van der Waals surface area contributed by atoms with E-state index in [2.05, 4.69) is 57.5 Å². The Kier molecular flexibility index (Phi) is 6.85. The fourth-order valence-electron chi connectivity index (χ4n) is 3.54. The SMILES string of the molecule is Cc1cccc(Nc2nc(N/N=C\c3ccc(Cl)cc3)nc(N3CCC(C)CC3)n2)c1C. The second-order valence-corrected chi connectivity index (χ2v) is 8.68. The predicted octanol–water partition coefficient (Wildman–Crippen LogP) is 5.57. The molecule has 0 radical (unpaired) electrons. The van der Waals surface area contributed by atoms with E-state index in [4.69, 9.17) is 16.6 Å². The number of piperidine rings is 1. The van der Waals surface area contributed by atoms with Gasteiger partial charge in [-0.25, -0.2) is 5.43 Å². The standard InChI is InChI=1S/C24H28ClN7/c1-16-11-13-32(14-12-16)24-29-22(27-21-6-4-5-17(2)18(21)3)28-23(30-24)31-26-15-19-7-9-20(25)10-8-19/h4-10,15-16H,11-14H2,1-3H3,(H2,27,28,29,30,31)/b26-15-. The summed E-state index contributed by atoms with van der Waals surface area (Å²) in [5.74, 6) is 2.27. The number of rotatable bonds is 6. The molecule has 3 aromatic rings. The van der Waals surface area contributed by atoms with Gasteiger partial charge < -0.3 is 10.2 Å². The minimum atomic E-state index is 0.395. The van der Waals surface area contributed by atoms with E-state index in [1.54, 1.807) is 6.21 Å². The highest BCUT2D eigenvalue weighted by molar-refractivity contribution is 6.30. The molecule has 32 heavy (non-hydrogen) atoms. The van der Waals surface area contributed by atoms with Crippen LogP contribution in [-0.2, 0) is 0 Å². The molecule has 2 aromatic carbocycles. The first-order valence-electron chi connectivity index (χ1n) is 10.9. The van der Waals surface area contributed by atoms with Crippen molar-refractivity contribution in [1.82, 2.24) is 15.0 Å². The third-order valence-corrected chi connectivity index (χ3v) is 6.04. The first kappa shape index (κ1) is 22.0. The molecule has 166 valence electrons. The van der Waals surface area contributed by atoms with E-state index in [-0.39, 0.29) is 0 Å². The monoisotopic (exact) mass is 449 g/mol. The summed E-state index contributed by atoms with van der Waals surface area (Å²) in [6, 6.07) is 13.6. The Balaban J connectivity index is 1.59. The number of nitrogens with zero attached hydrogens (tertiary/aromatic N) is 5. The number of aromatic nitrogens is 3. The predicted molar refractivity (Wildman–Crippen MR) is 132 cm³/mol. The van der Waals surface area contributed by atoms with Gasteiger partial charge in [-0.05, 0) is 67.5 Å². The third-order valence-electron chi connectivity index (χ3n) is 5.79. The van der Waals surface area contributed by atoms with Gasteiger partial charge in [0.2, 0.25) is 17.8 Å². The number of benzene rings is 2. The lowest BCUT2D eigenvalue weighted by Crippen LogP contribution is -2.34. The first-order chi connectivity index (χ1) is 15.5. The summed E-state index contributed by atoms with van der Waals surface area (Å²) < 4.78 is 0. The summed E-state index contributed by atoms with van der Waals surface area (Å²) in [4.78, 5) is 16.1. The van der Waals surface area contributed by atoms with Gasteiger partial charge in [0, 0.05) is 23.8 Å². The van der Waals surface area contributed by atoms with Crippen molar-refractivity contribution in [2.24, 2.45) is 11.0 Å². The number of hydrazone groups is 1. The quantitative estimate of drug-likeness (QED) is 0.378. The molecule has 0 bridgehead atoms. The van der Waals surface area contributed by atoms with Gasteiger partial charge in [0.25, 0.3) is 0 Å². The average Bonchev–Trinajstić information content (AvgIpc) is 2.79. The molecule has 2 heterocycles. The number of nitrogens with one attached hydrogen (secondary N) is 2. The summed E-state index contributed by atoms with van der Waals surface area (Å²) >= 11 is 5.95. The molecule has 4 rings (SSSR count). The summed E-state index contributed by atoms with van der Waals surface area (Å²) in [6.07, 6.45) is 3.96. The van der Waals surface area contributed by atoms with E-state index in [0.717, 1.165) is 48.7 Å². The normalized spacial score (nSPS) is 14.7. The minimum absolute atomic E-state index is 0.395. The van der Waals surface area contributed by atoms with Crippen molar-refractivity contribution >= 4 is 41.3 Å². The lowest BCUT2D eigenvalue weighted by atomic mass is 10.00. The average molecular weight is 450 g/mol. The molecule has 1 aliphatic heterocycles. The number of hydrogen-bond acceptors (Lipinski definition) is 7. The number of hydrogen-bond donors (Lipinski definition) is 2. The van der Waals surface area contributed by atoms with Crippen molar-refractivity contribution in [3.05, 3.63) is 64.2 Å². The molecule has 7 nitrogen and oxygen atoms in total. The zero-order valence-electron chi connectivity index (χ0n) is 18.6. The van der Waals surface area contributed by atoms with Crippen LogP contribution in [0, 0.1) is 19.8 Å². The van der Waals surface area contributed by atoms with Gasteiger partial charge >= 0.3 is 0 Å². The van der Waals surface area contributed by atoms with Crippen molar-refractivity contribution in [3.8, 4) is 0 Å². The second kappa shape index (κ2) is 9.96. The van der Waals surface area contributed by atoms with Gasteiger partial charge in [-0.2, -0.15) is 20.1 Å². The smallest absolute Gasteiger partial charge is 0.250 e. The molecule has 0 aliphatic carbocycles. The topological polar surface area (TPSA) is 78.3 Å². The molecule has 1 fully saturated rings. The van der Waals surface area contributed by atoms with Crippen LogP contribution < -0.4 is 15.6 Å². The van der Waals surface area contributed by atoms with Crippen LogP contribution >= 0.6 is 11.6 Å². The number of halogens is 1. The van der Waals surface area contributed by atoms with Crippen LogP contribution in [0.2, 0.25) is 5.02 Å². The third kappa shape index (κ3) is 5.53. The van der Waals surface area contributed by atoms with Crippen LogP contribution in [0.15, 0.2) is 47.6 Å². The van der Waals surface area contributed by atoms with E-state index < -0.39 is 0 Å². The Morgan fingerprint density at radius 1 is 1.00 bits per heavy atom. The van der Waals surface area contributed by atoms with Crippen molar-refractivity contribution in [1.29, 1.82) is 0 Å². The van der Waals surface area contributed by atoms with Crippen molar-refractivity contribution in [2.45, 2.75) is 33.6 Å². The van der Waals surface area contributed by atoms with Crippen molar-refractivity contribution < 1.29 is 0 Å². The van der Waals surface area contributed by atoms with Gasteiger partial charge in [0.1, 0.15) is 0 Å². The second-order valence-electron chi connectivity index (χ2n) is 8.25. The first-order valence-corrected chi connectivity index (χ1v) is 11.2. The van der Waals surface area contributed by atoms with Crippen LogP contribution in [0.25, 0.3) is 0 Å². The van der Waals surface area contributed by atoms with E-state index >= 15 is 0 Å². The van der Waals surface area contributed by atoms with Crippen LogP contribution in [0.1, 0.15) is 36.5 Å². The highest BCUT2D eigenvalue weighted by atomic mass is 35.5. The molecule has 0 atom stereocenters. The maximum Gasteiger partial charge on any atom is 0.250 e. The zero-order valence-corrected chi connectivity index (χ0v) is 19.4. The zero-order chi connectivity index (χ0) is 22.5. The highest BCUT2D eigenvalue weighted by Gasteiger charge is 2.20. The Hall–Kier alpha value is -3.19. The van der Waals surface area contributed by atoms with Gasteiger partial charge in [-0.15, -0.1) is 0 Å².